The van der Waals surface area contributed by atoms with Gasteiger partial charge in [0.15, 0.2) is 11.0 Å². The molecule has 1 amide bonds. The van der Waals surface area contributed by atoms with Crippen molar-refractivity contribution >= 4 is 17.7 Å². The molecule has 0 bridgehead atoms. The van der Waals surface area contributed by atoms with Gasteiger partial charge in [-0.1, -0.05) is 42.4 Å². The van der Waals surface area contributed by atoms with Crippen LogP contribution in [0.2, 0.25) is 0 Å². The molecule has 0 aliphatic heterocycles. The van der Waals surface area contributed by atoms with Crippen LogP contribution in [0.4, 0.5) is 0 Å². The Kier molecular flexibility index (Phi) is 7.38. The van der Waals surface area contributed by atoms with Crippen LogP contribution >= 0.6 is 11.8 Å². The highest BCUT2D eigenvalue weighted by molar-refractivity contribution is 7.99. The molecule has 31 heavy (non-hydrogen) atoms. The lowest BCUT2D eigenvalue weighted by atomic mass is 10.0. The van der Waals surface area contributed by atoms with Gasteiger partial charge >= 0.3 is 0 Å². The number of amides is 1. The van der Waals surface area contributed by atoms with Crippen LogP contribution in [-0.4, -0.2) is 38.6 Å². The fourth-order valence-electron chi connectivity index (χ4n) is 3.06. The first-order valence-electron chi connectivity index (χ1n) is 10.5. The minimum Gasteiger partial charge on any atom is -0.494 e. The molecule has 0 saturated heterocycles. The lowest BCUT2D eigenvalue weighted by Crippen LogP contribution is -2.43. The molecule has 0 radical (unpaired) electrons. The molecule has 0 spiro atoms. The van der Waals surface area contributed by atoms with Crippen molar-refractivity contribution in [1.82, 2.24) is 20.1 Å². The van der Waals surface area contributed by atoms with Crippen molar-refractivity contribution in [1.29, 1.82) is 0 Å². The predicted octanol–water partition coefficient (Wildman–Crippen LogP) is 5.04. The van der Waals surface area contributed by atoms with Crippen molar-refractivity contribution in [2.45, 2.75) is 51.7 Å². The number of nitrogens with zero attached hydrogens (tertiary/aromatic N) is 3. The molecule has 0 aliphatic carbocycles. The van der Waals surface area contributed by atoms with E-state index in [0.717, 1.165) is 34.8 Å². The van der Waals surface area contributed by atoms with E-state index in [0.29, 0.717) is 11.8 Å². The van der Waals surface area contributed by atoms with Gasteiger partial charge in [0.05, 0.1) is 12.4 Å². The van der Waals surface area contributed by atoms with Crippen LogP contribution in [0.3, 0.4) is 0 Å². The van der Waals surface area contributed by atoms with E-state index >= 15 is 0 Å². The highest BCUT2D eigenvalue weighted by atomic mass is 32.2. The third-order valence-corrected chi connectivity index (χ3v) is 5.94. The Bertz CT molecular complexity index is 1030. The van der Waals surface area contributed by atoms with Gasteiger partial charge in [-0.05, 0) is 64.4 Å². The highest BCUT2D eigenvalue weighted by Crippen LogP contribution is 2.29. The summed E-state index contributed by atoms with van der Waals surface area (Å²) in [6, 6.07) is 16.0. The second-order valence-electron chi connectivity index (χ2n) is 8.01. The van der Waals surface area contributed by atoms with Gasteiger partial charge in [0, 0.05) is 16.8 Å². The summed E-state index contributed by atoms with van der Waals surface area (Å²) < 4.78 is 7.57. The smallest absolute Gasteiger partial charge is 0.230 e. The molecule has 0 fully saturated rings. The Morgan fingerprint density at radius 3 is 2.52 bits per heavy atom. The molecule has 0 atom stereocenters. The van der Waals surface area contributed by atoms with E-state index in [4.69, 9.17) is 4.74 Å². The van der Waals surface area contributed by atoms with Crippen molar-refractivity contribution in [2.24, 2.45) is 0 Å². The lowest BCUT2D eigenvalue weighted by molar-refractivity contribution is -0.120. The standard InChI is InChI=1S/C24H30N4O2S/c1-6-24(4,5)25-21(29)16-31-23-27-26-22(18-10-8-9-17(3)15-18)28(23)19-11-13-20(14-12-19)30-7-2/h8-15H,6-7,16H2,1-5H3,(H,25,29). The molecule has 0 unspecified atom stereocenters. The highest BCUT2D eigenvalue weighted by Gasteiger charge is 2.20. The number of carbonyl (C=O) groups is 1. The molecule has 1 aromatic heterocycles. The first kappa shape index (κ1) is 22.9. The van der Waals surface area contributed by atoms with Gasteiger partial charge in [-0.3, -0.25) is 9.36 Å². The second kappa shape index (κ2) is 10.0. The van der Waals surface area contributed by atoms with E-state index < -0.39 is 0 Å². The van der Waals surface area contributed by atoms with E-state index in [9.17, 15) is 4.79 Å². The van der Waals surface area contributed by atoms with E-state index in [1.807, 2.05) is 61.7 Å². The van der Waals surface area contributed by atoms with E-state index in [1.165, 1.54) is 11.8 Å². The van der Waals surface area contributed by atoms with Crippen molar-refractivity contribution in [3.05, 3.63) is 54.1 Å². The van der Waals surface area contributed by atoms with Crippen molar-refractivity contribution < 1.29 is 9.53 Å². The summed E-state index contributed by atoms with van der Waals surface area (Å²) in [5.74, 6) is 1.80. The number of aromatic nitrogens is 3. The number of hydrogen-bond acceptors (Lipinski definition) is 5. The third kappa shape index (κ3) is 5.88. The molecule has 6 nitrogen and oxygen atoms in total. The minimum atomic E-state index is -0.229. The normalized spacial score (nSPS) is 11.4. The zero-order valence-electron chi connectivity index (χ0n) is 18.8. The molecule has 2 aromatic carbocycles. The SMILES string of the molecule is CCOc1ccc(-n2c(SCC(=O)NC(C)(C)CC)nnc2-c2cccc(C)c2)cc1. The predicted molar refractivity (Wildman–Crippen MR) is 126 cm³/mol. The second-order valence-corrected chi connectivity index (χ2v) is 8.95. The van der Waals surface area contributed by atoms with Crippen molar-refractivity contribution in [3.8, 4) is 22.8 Å². The Hall–Kier alpha value is -2.80. The Labute approximate surface area is 188 Å². The fourth-order valence-corrected chi connectivity index (χ4v) is 3.81. The summed E-state index contributed by atoms with van der Waals surface area (Å²) in [5, 5.41) is 12.6. The van der Waals surface area contributed by atoms with E-state index in [2.05, 4.69) is 41.5 Å². The Morgan fingerprint density at radius 2 is 1.87 bits per heavy atom. The monoisotopic (exact) mass is 438 g/mol. The van der Waals surface area contributed by atoms with Crippen LogP contribution in [-0.2, 0) is 4.79 Å². The number of ether oxygens (including phenoxy) is 1. The molecular formula is C24H30N4O2S. The van der Waals surface area contributed by atoms with Gasteiger partial charge in [0.2, 0.25) is 5.91 Å². The summed E-state index contributed by atoms with van der Waals surface area (Å²) in [5.41, 5.74) is 2.81. The molecular weight excluding hydrogens is 408 g/mol. The number of nitrogens with one attached hydrogen (secondary N) is 1. The molecule has 3 aromatic rings. The van der Waals surface area contributed by atoms with Gasteiger partial charge < -0.3 is 10.1 Å². The third-order valence-electron chi connectivity index (χ3n) is 5.01. The van der Waals surface area contributed by atoms with Crippen LogP contribution in [0.25, 0.3) is 17.1 Å². The van der Waals surface area contributed by atoms with Crippen molar-refractivity contribution in [2.75, 3.05) is 12.4 Å². The number of aryl methyl sites for hydroxylation is 1. The molecule has 7 heteroatoms. The van der Waals surface area contributed by atoms with Gasteiger partial charge in [-0.25, -0.2) is 0 Å². The topological polar surface area (TPSA) is 69.0 Å². The largest absolute Gasteiger partial charge is 0.494 e. The first-order valence-corrected chi connectivity index (χ1v) is 11.5. The van der Waals surface area contributed by atoms with Gasteiger partial charge in [-0.15, -0.1) is 10.2 Å². The quantitative estimate of drug-likeness (QED) is 0.474. The molecule has 0 saturated carbocycles. The maximum atomic E-state index is 12.5. The van der Waals surface area contributed by atoms with Crippen LogP contribution < -0.4 is 10.1 Å². The molecule has 164 valence electrons. The van der Waals surface area contributed by atoms with Crippen LogP contribution in [0.5, 0.6) is 5.75 Å². The Balaban J connectivity index is 1.93. The average Bonchev–Trinajstić information content (AvgIpc) is 3.17. The van der Waals surface area contributed by atoms with Crippen LogP contribution in [0.1, 0.15) is 39.7 Å². The summed E-state index contributed by atoms with van der Waals surface area (Å²) in [6.45, 7) is 10.7. The van der Waals surface area contributed by atoms with Crippen LogP contribution in [0, 0.1) is 6.92 Å². The Morgan fingerprint density at radius 1 is 1.13 bits per heavy atom. The van der Waals surface area contributed by atoms with Gasteiger partial charge in [-0.2, -0.15) is 0 Å². The van der Waals surface area contributed by atoms with Gasteiger partial charge in [0.25, 0.3) is 0 Å². The summed E-state index contributed by atoms with van der Waals surface area (Å²) >= 11 is 1.38. The number of rotatable bonds is 9. The van der Waals surface area contributed by atoms with Crippen LogP contribution in [0.15, 0.2) is 53.7 Å². The average molecular weight is 439 g/mol. The maximum absolute atomic E-state index is 12.5. The van der Waals surface area contributed by atoms with Gasteiger partial charge in [0.1, 0.15) is 5.75 Å². The number of hydrogen-bond donors (Lipinski definition) is 1. The first-order chi connectivity index (χ1) is 14.8. The van der Waals surface area contributed by atoms with E-state index in [-0.39, 0.29) is 17.2 Å². The molecule has 0 aliphatic rings. The lowest BCUT2D eigenvalue weighted by Gasteiger charge is -2.24. The fraction of sp³-hybridized carbons (Fsp3) is 0.375. The van der Waals surface area contributed by atoms with Crippen molar-refractivity contribution in [3.63, 3.8) is 0 Å². The number of benzene rings is 2. The molecule has 3 rings (SSSR count). The van der Waals surface area contributed by atoms with E-state index in [1.54, 1.807) is 0 Å². The molecule has 1 N–H and O–H groups in total. The molecule has 1 heterocycles. The number of carbonyl (C=O) groups excluding carboxylic acids is 1. The summed E-state index contributed by atoms with van der Waals surface area (Å²) in [4.78, 5) is 12.5. The zero-order chi connectivity index (χ0) is 22.4. The summed E-state index contributed by atoms with van der Waals surface area (Å²) in [7, 11) is 0. The minimum absolute atomic E-state index is 0.0183. The maximum Gasteiger partial charge on any atom is 0.230 e. The number of thioether (sulfide) groups is 1. The summed E-state index contributed by atoms with van der Waals surface area (Å²) in [6.07, 6.45) is 0.864. The zero-order valence-corrected chi connectivity index (χ0v) is 19.6.